The van der Waals surface area contributed by atoms with E-state index in [9.17, 15) is 8.42 Å². The number of sulfonamides is 1. The minimum atomic E-state index is -3.31. The van der Waals surface area contributed by atoms with Crippen LogP contribution in [0.1, 0.15) is 5.56 Å². The maximum Gasteiger partial charge on any atom is 0.242 e. The molecule has 0 unspecified atom stereocenters. The molecule has 0 heterocycles. The van der Waals surface area contributed by atoms with Gasteiger partial charge in [0.25, 0.3) is 0 Å². The molecular formula is C11H14NO2S. The van der Waals surface area contributed by atoms with Crippen LogP contribution >= 0.6 is 0 Å². The lowest BCUT2D eigenvalue weighted by atomic mass is 10.2. The first-order valence-corrected chi connectivity index (χ1v) is 5.91. The zero-order chi connectivity index (χ0) is 11.5. The Morgan fingerprint density at radius 2 is 1.73 bits per heavy atom. The summed E-state index contributed by atoms with van der Waals surface area (Å²) in [5, 5.41) is 0. The van der Waals surface area contributed by atoms with Crippen LogP contribution in [0.3, 0.4) is 0 Å². The summed E-state index contributed by atoms with van der Waals surface area (Å²) in [4.78, 5) is 0.300. The average Bonchev–Trinajstić information content (AvgIpc) is 2.19. The van der Waals surface area contributed by atoms with E-state index in [0.717, 1.165) is 5.56 Å². The predicted octanol–water partition coefficient (Wildman–Crippen LogP) is 1.78. The highest BCUT2D eigenvalue weighted by molar-refractivity contribution is 7.89. The maximum atomic E-state index is 11.7. The molecule has 0 N–H and O–H groups in total. The maximum absolute atomic E-state index is 11.7. The summed E-state index contributed by atoms with van der Waals surface area (Å²) in [5.41, 5.74) is 0.933. The highest BCUT2D eigenvalue weighted by Gasteiger charge is 2.15. The van der Waals surface area contributed by atoms with Gasteiger partial charge in [-0.25, -0.2) is 12.7 Å². The molecule has 0 aliphatic carbocycles. The molecule has 0 bridgehead atoms. The van der Waals surface area contributed by atoms with Gasteiger partial charge in [-0.05, 0) is 24.6 Å². The molecule has 15 heavy (non-hydrogen) atoms. The number of hydrogen-bond donors (Lipinski definition) is 0. The van der Waals surface area contributed by atoms with Crippen molar-refractivity contribution in [2.45, 2.75) is 4.90 Å². The van der Waals surface area contributed by atoms with Gasteiger partial charge in [0.2, 0.25) is 10.0 Å². The summed E-state index contributed by atoms with van der Waals surface area (Å²) < 4.78 is 24.6. The minimum Gasteiger partial charge on any atom is -0.207 e. The molecule has 0 saturated heterocycles. The summed E-state index contributed by atoms with van der Waals surface area (Å²) in [5.74, 6) is 0. The summed E-state index contributed by atoms with van der Waals surface area (Å²) in [7, 11) is -0.289. The minimum absolute atomic E-state index is 0.300. The topological polar surface area (TPSA) is 37.4 Å². The Kier molecular flexibility index (Phi) is 3.66. The second-order valence-electron chi connectivity index (χ2n) is 3.26. The van der Waals surface area contributed by atoms with Crippen molar-refractivity contribution in [3.05, 3.63) is 42.8 Å². The first kappa shape index (κ1) is 11.9. The molecule has 81 valence electrons. The van der Waals surface area contributed by atoms with Crippen molar-refractivity contribution in [3.63, 3.8) is 0 Å². The molecule has 4 heteroatoms. The molecule has 1 aromatic carbocycles. The van der Waals surface area contributed by atoms with Gasteiger partial charge in [-0.3, -0.25) is 0 Å². The van der Waals surface area contributed by atoms with Crippen LogP contribution < -0.4 is 0 Å². The van der Waals surface area contributed by atoms with E-state index in [1.54, 1.807) is 30.3 Å². The summed E-state index contributed by atoms with van der Waals surface area (Å²) >= 11 is 0. The lowest BCUT2D eigenvalue weighted by molar-refractivity contribution is 0.521. The summed E-state index contributed by atoms with van der Waals surface area (Å²) in [6, 6.07) is 6.67. The third-order valence-corrected chi connectivity index (χ3v) is 3.80. The molecule has 0 aliphatic heterocycles. The lowest BCUT2D eigenvalue weighted by Gasteiger charge is -2.10. The van der Waals surface area contributed by atoms with E-state index in [1.807, 2.05) is 6.08 Å². The summed E-state index contributed by atoms with van der Waals surface area (Å²) in [6.07, 6.45) is 3.47. The number of benzene rings is 1. The number of nitrogens with zero attached hydrogens (tertiary/aromatic N) is 1. The third-order valence-electron chi connectivity index (χ3n) is 1.97. The molecule has 1 aromatic rings. The van der Waals surface area contributed by atoms with Crippen LogP contribution in [-0.2, 0) is 10.0 Å². The summed E-state index contributed by atoms with van der Waals surface area (Å²) in [6.45, 7) is 3.57. The molecular weight excluding hydrogens is 210 g/mol. The molecule has 0 atom stereocenters. The SMILES string of the molecule is [CH2]C=Cc1ccc(S(=O)(=O)N(C)C)cc1. The predicted molar refractivity (Wildman–Crippen MR) is 61.7 cm³/mol. The van der Waals surface area contributed by atoms with Crippen LogP contribution in [-0.4, -0.2) is 26.8 Å². The van der Waals surface area contributed by atoms with Gasteiger partial charge in [0, 0.05) is 14.1 Å². The quantitative estimate of drug-likeness (QED) is 0.785. The van der Waals surface area contributed by atoms with Gasteiger partial charge in [0.05, 0.1) is 4.90 Å². The Hall–Kier alpha value is -1.13. The van der Waals surface area contributed by atoms with Gasteiger partial charge >= 0.3 is 0 Å². The number of rotatable bonds is 3. The van der Waals surface area contributed by atoms with Gasteiger partial charge in [-0.1, -0.05) is 24.3 Å². The van der Waals surface area contributed by atoms with E-state index in [-0.39, 0.29) is 0 Å². The van der Waals surface area contributed by atoms with E-state index in [2.05, 4.69) is 6.92 Å². The van der Waals surface area contributed by atoms with Gasteiger partial charge in [-0.2, -0.15) is 0 Å². The normalized spacial score (nSPS) is 12.5. The standard InChI is InChI=1S/C11H14NO2S/c1-4-5-10-6-8-11(9-7-10)15(13,14)12(2)3/h4-9H,1H2,2-3H3. The van der Waals surface area contributed by atoms with E-state index in [1.165, 1.54) is 18.4 Å². The van der Waals surface area contributed by atoms with Crippen molar-refractivity contribution in [1.82, 2.24) is 4.31 Å². The average molecular weight is 224 g/mol. The molecule has 3 nitrogen and oxygen atoms in total. The Labute approximate surface area is 91.1 Å². The van der Waals surface area contributed by atoms with E-state index < -0.39 is 10.0 Å². The molecule has 1 radical (unpaired) electrons. The Bertz CT molecular complexity index is 444. The van der Waals surface area contributed by atoms with E-state index in [0.29, 0.717) is 4.90 Å². The van der Waals surface area contributed by atoms with Crippen molar-refractivity contribution >= 4 is 16.1 Å². The monoisotopic (exact) mass is 224 g/mol. The van der Waals surface area contributed by atoms with Crippen molar-refractivity contribution in [1.29, 1.82) is 0 Å². The van der Waals surface area contributed by atoms with Crippen LogP contribution in [0, 0.1) is 6.92 Å². The zero-order valence-electron chi connectivity index (χ0n) is 8.84. The number of allylic oxidation sites excluding steroid dienone is 1. The highest BCUT2D eigenvalue weighted by Crippen LogP contribution is 2.14. The highest BCUT2D eigenvalue weighted by atomic mass is 32.2. The first-order chi connectivity index (χ1) is 6.98. The Morgan fingerprint density at radius 1 is 1.20 bits per heavy atom. The van der Waals surface area contributed by atoms with Crippen LogP contribution in [0.5, 0.6) is 0 Å². The van der Waals surface area contributed by atoms with Crippen LogP contribution in [0.4, 0.5) is 0 Å². The Balaban J connectivity index is 3.10. The molecule has 1 rings (SSSR count). The smallest absolute Gasteiger partial charge is 0.207 e. The fraction of sp³-hybridized carbons (Fsp3) is 0.182. The van der Waals surface area contributed by atoms with Crippen LogP contribution in [0.2, 0.25) is 0 Å². The van der Waals surface area contributed by atoms with Gasteiger partial charge < -0.3 is 0 Å². The second-order valence-corrected chi connectivity index (χ2v) is 5.41. The number of hydrogen-bond acceptors (Lipinski definition) is 2. The van der Waals surface area contributed by atoms with Crippen molar-refractivity contribution < 1.29 is 8.42 Å². The molecule has 0 spiro atoms. The molecule has 0 aromatic heterocycles. The fourth-order valence-corrected chi connectivity index (χ4v) is 2.00. The van der Waals surface area contributed by atoms with Crippen LogP contribution in [0.15, 0.2) is 35.2 Å². The molecule has 0 amide bonds. The lowest BCUT2D eigenvalue weighted by Crippen LogP contribution is -2.22. The van der Waals surface area contributed by atoms with Gasteiger partial charge in [-0.15, -0.1) is 0 Å². The van der Waals surface area contributed by atoms with E-state index in [4.69, 9.17) is 0 Å². The van der Waals surface area contributed by atoms with Gasteiger partial charge in [0.15, 0.2) is 0 Å². The first-order valence-electron chi connectivity index (χ1n) is 4.47. The van der Waals surface area contributed by atoms with Crippen LogP contribution in [0.25, 0.3) is 6.08 Å². The third kappa shape index (κ3) is 2.67. The Morgan fingerprint density at radius 3 is 2.13 bits per heavy atom. The van der Waals surface area contributed by atoms with E-state index >= 15 is 0 Å². The molecule has 0 saturated carbocycles. The van der Waals surface area contributed by atoms with Crippen molar-refractivity contribution in [3.8, 4) is 0 Å². The molecule has 0 aliphatic rings. The fourth-order valence-electron chi connectivity index (χ4n) is 1.10. The molecule has 0 fully saturated rings. The van der Waals surface area contributed by atoms with Crippen molar-refractivity contribution in [2.24, 2.45) is 0 Å². The second kappa shape index (κ2) is 4.59. The largest absolute Gasteiger partial charge is 0.242 e. The zero-order valence-corrected chi connectivity index (χ0v) is 9.66. The van der Waals surface area contributed by atoms with Crippen molar-refractivity contribution in [2.75, 3.05) is 14.1 Å². The van der Waals surface area contributed by atoms with Gasteiger partial charge in [0.1, 0.15) is 0 Å².